The Morgan fingerprint density at radius 3 is 2.67 bits per heavy atom. The summed E-state index contributed by atoms with van der Waals surface area (Å²) in [4.78, 5) is 11.6. The lowest BCUT2D eigenvalue weighted by Gasteiger charge is -2.12. The molecule has 1 aromatic rings. The zero-order valence-electron chi connectivity index (χ0n) is 9.81. The van der Waals surface area contributed by atoms with E-state index < -0.39 is 11.6 Å². The maximum Gasteiger partial charge on any atom is 0.224 e. The standard InChI is InChI=1S/C13H14ClF2NO/c14-7-13(3-4-13)8-17-12(18)5-9-1-2-10(15)6-11(9)16/h1-2,6H,3-5,7-8H2,(H,17,18). The van der Waals surface area contributed by atoms with Gasteiger partial charge in [-0.15, -0.1) is 11.6 Å². The van der Waals surface area contributed by atoms with Gasteiger partial charge in [0.05, 0.1) is 6.42 Å². The number of nitrogens with one attached hydrogen (secondary N) is 1. The van der Waals surface area contributed by atoms with Gasteiger partial charge in [-0.1, -0.05) is 6.07 Å². The summed E-state index contributed by atoms with van der Waals surface area (Å²) in [6.07, 6.45) is 1.95. The Kier molecular flexibility index (Phi) is 3.85. The van der Waals surface area contributed by atoms with Gasteiger partial charge in [-0.2, -0.15) is 0 Å². The molecule has 18 heavy (non-hydrogen) atoms. The molecule has 2 nitrogen and oxygen atoms in total. The zero-order valence-corrected chi connectivity index (χ0v) is 10.6. The molecule has 1 amide bonds. The third-order valence-electron chi connectivity index (χ3n) is 3.27. The first-order valence-electron chi connectivity index (χ1n) is 5.81. The van der Waals surface area contributed by atoms with Crippen LogP contribution in [0.1, 0.15) is 18.4 Å². The number of carbonyl (C=O) groups excluding carboxylic acids is 1. The van der Waals surface area contributed by atoms with Crippen LogP contribution in [-0.2, 0) is 11.2 Å². The molecule has 1 aliphatic carbocycles. The molecule has 0 heterocycles. The molecule has 1 saturated carbocycles. The van der Waals surface area contributed by atoms with Crippen LogP contribution in [0.15, 0.2) is 18.2 Å². The quantitative estimate of drug-likeness (QED) is 0.821. The normalized spacial score (nSPS) is 16.4. The lowest BCUT2D eigenvalue weighted by atomic mass is 10.1. The minimum absolute atomic E-state index is 0.0402. The van der Waals surface area contributed by atoms with Crippen molar-refractivity contribution < 1.29 is 13.6 Å². The Morgan fingerprint density at radius 2 is 2.11 bits per heavy atom. The van der Waals surface area contributed by atoms with Gasteiger partial charge in [0.15, 0.2) is 0 Å². The number of benzene rings is 1. The Hall–Kier alpha value is -1.16. The number of carbonyl (C=O) groups is 1. The first kappa shape index (κ1) is 13.3. The summed E-state index contributed by atoms with van der Waals surface area (Å²) < 4.78 is 26.0. The van der Waals surface area contributed by atoms with E-state index in [0.29, 0.717) is 12.4 Å². The van der Waals surface area contributed by atoms with E-state index in [2.05, 4.69) is 5.32 Å². The first-order chi connectivity index (χ1) is 8.54. The highest BCUT2D eigenvalue weighted by molar-refractivity contribution is 6.18. The van der Waals surface area contributed by atoms with Crippen molar-refractivity contribution in [2.45, 2.75) is 19.3 Å². The van der Waals surface area contributed by atoms with Crippen LogP contribution in [0.5, 0.6) is 0 Å². The summed E-state index contributed by atoms with van der Waals surface area (Å²) in [6.45, 7) is 0.526. The van der Waals surface area contributed by atoms with Gasteiger partial charge in [0.2, 0.25) is 5.91 Å². The van der Waals surface area contributed by atoms with Crippen molar-refractivity contribution in [1.29, 1.82) is 0 Å². The third-order valence-corrected chi connectivity index (χ3v) is 3.83. The summed E-state index contributed by atoms with van der Waals surface area (Å²) in [6, 6.07) is 3.22. The minimum atomic E-state index is -0.691. The van der Waals surface area contributed by atoms with E-state index in [-0.39, 0.29) is 23.3 Å². The van der Waals surface area contributed by atoms with Gasteiger partial charge in [-0.3, -0.25) is 4.79 Å². The minimum Gasteiger partial charge on any atom is -0.355 e. The number of hydrogen-bond acceptors (Lipinski definition) is 1. The number of rotatable bonds is 5. The summed E-state index contributed by atoms with van der Waals surface area (Å²) in [5.41, 5.74) is 0.239. The summed E-state index contributed by atoms with van der Waals surface area (Å²) in [7, 11) is 0. The molecule has 0 unspecified atom stereocenters. The maximum absolute atomic E-state index is 13.3. The predicted molar refractivity (Wildman–Crippen MR) is 65.5 cm³/mol. The molecule has 98 valence electrons. The van der Waals surface area contributed by atoms with E-state index in [1.807, 2.05) is 0 Å². The van der Waals surface area contributed by atoms with Gasteiger partial charge >= 0.3 is 0 Å². The van der Waals surface area contributed by atoms with Crippen LogP contribution >= 0.6 is 11.6 Å². The van der Waals surface area contributed by atoms with Gasteiger partial charge < -0.3 is 5.32 Å². The maximum atomic E-state index is 13.3. The second-order valence-corrected chi connectivity index (χ2v) is 5.09. The monoisotopic (exact) mass is 273 g/mol. The molecule has 1 aromatic carbocycles. The third kappa shape index (κ3) is 3.19. The summed E-state index contributed by atoms with van der Waals surface area (Å²) in [5.74, 6) is -1.07. The second-order valence-electron chi connectivity index (χ2n) is 4.82. The molecule has 5 heteroatoms. The average molecular weight is 274 g/mol. The summed E-state index contributed by atoms with van der Waals surface area (Å²) >= 11 is 5.79. The van der Waals surface area contributed by atoms with Crippen LogP contribution in [0.3, 0.4) is 0 Å². The molecule has 1 N–H and O–H groups in total. The number of amides is 1. The van der Waals surface area contributed by atoms with Crippen molar-refractivity contribution in [1.82, 2.24) is 5.32 Å². The first-order valence-corrected chi connectivity index (χ1v) is 6.35. The highest BCUT2D eigenvalue weighted by Gasteiger charge is 2.41. The fourth-order valence-electron chi connectivity index (χ4n) is 1.72. The van der Waals surface area contributed by atoms with Gasteiger partial charge in [-0.05, 0) is 24.5 Å². The van der Waals surface area contributed by atoms with E-state index in [4.69, 9.17) is 11.6 Å². The van der Waals surface area contributed by atoms with Crippen LogP contribution in [0.2, 0.25) is 0 Å². The molecule has 0 bridgehead atoms. The predicted octanol–water partition coefficient (Wildman–Crippen LogP) is 2.64. The molecule has 0 radical (unpaired) electrons. The van der Waals surface area contributed by atoms with E-state index >= 15 is 0 Å². The van der Waals surface area contributed by atoms with Crippen molar-refractivity contribution in [3.05, 3.63) is 35.4 Å². The van der Waals surface area contributed by atoms with E-state index in [1.165, 1.54) is 6.07 Å². The second kappa shape index (κ2) is 5.22. The van der Waals surface area contributed by atoms with Gasteiger partial charge in [0.25, 0.3) is 0 Å². The van der Waals surface area contributed by atoms with Crippen LogP contribution in [0, 0.1) is 17.0 Å². The van der Waals surface area contributed by atoms with E-state index in [9.17, 15) is 13.6 Å². The molecule has 0 aliphatic heterocycles. The Labute approximate surface area is 109 Å². The lowest BCUT2D eigenvalue weighted by Crippen LogP contribution is -2.32. The molecule has 0 atom stereocenters. The van der Waals surface area contributed by atoms with Crippen molar-refractivity contribution in [2.24, 2.45) is 5.41 Å². The largest absolute Gasteiger partial charge is 0.355 e. The van der Waals surface area contributed by atoms with Crippen LogP contribution in [0.4, 0.5) is 8.78 Å². The number of alkyl halides is 1. The molecule has 0 aromatic heterocycles. The molecule has 1 aliphatic rings. The Bertz CT molecular complexity index is 460. The fourth-order valence-corrected chi connectivity index (χ4v) is 2.08. The Morgan fingerprint density at radius 1 is 1.39 bits per heavy atom. The van der Waals surface area contributed by atoms with Crippen molar-refractivity contribution in [3.63, 3.8) is 0 Å². The van der Waals surface area contributed by atoms with Crippen LogP contribution in [0.25, 0.3) is 0 Å². The van der Waals surface area contributed by atoms with Gasteiger partial charge in [0.1, 0.15) is 11.6 Å². The van der Waals surface area contributed by atoms with Crippen molar-refractivity contribution >= 4 is 17.5 Å². The average Bonchev–Trinajstić information content (AvgIpc) is 3.11. The van der Waals surface area contributed by atoms with Crippen molar-refractivity contribution in [2.75, 3.05) is 12.4 Å². The molecular weight excluding hydrogens is 260 g/mol. The number of halogens is 3. The van der Waals surface area contributed by atoms with E-state index in [0.717, 1.165) is 25.0 Å². The Balaban J connectivity index is 1.87. The summed E-state index contributed by atoms with van der Waals surface area (Å²) in [5, 5.41) is 2.74. The lowest BCUT2D eigenvalue weighted by molar-refractivity contribution is -0.120. The molecule has 1 fully saturated rings. The zero-order chi connectivity index (χ0) is 13.2. The number of hydrogen-bond donors (Lipinski definition) is 1. The van der Waals surface area contributed by atoms with Gasteiger partial charge in [0, 0.05) is 23.9 Å². The molecule has 2 rings (SSSR count). The van der Waals surface area contributed by atoms with Crippen LogP contribution < -0.4 is 5.32 Å². The molecule has 0 saturated heterocycles. The van der Waals surface area contributed by atoms with Gasteiger partial charge in [-0.25, -0.2) is 8.78 Å². The fraction of sp³-hybridized carbons (Fsp3) is 0.462. The molecule has 0 spiro atoms. The SMILES string of the molecule is O=C(Cc1ccc(F)cc1F)NCC1(CCl)CC1. The highest BCUT2D eigenvalue weighted by Crippen LogP contribution is 2.45. The van der Waals surface area contributed by atoms with Crippen LogP contribution in [-0.4, -0.2) is 18.3 Å². The highest BCUT2D eigenvalue weighted by atomic mass is 35.5. The topological polar surface area (TPSA) is 29.1 Å². The van der Waals surface area contributed by atoms with Crippen molar-refractivity contribution in [3.8, 4) is 0 Å². The van der Waals surface area contributed by atoms with E-state index in [1.54, 1.807) is 0 Å². The molecular formula is C13H14ClF2NO. The smallest absolute Gasteiger partial charge is 0.224 e.